The van der Waals surface area contributed by atoms with Gasteiger partial charge in [0.2, 0.25) is 15.9 Å². The van der Waals surface area contributed by atoms with E-state index in [1.807, 2.05) is 0 Å². The average molecular weight is 392 g/mol. The summed E-state index contributed by atoms with van der Waals surface area (Å²) in [5.74, 6) is -0.0321. The molecule has 1 aromatic carbocycles. The normalized spacial score (nSPS) is 17.1. The lowest BCUT2D eigenvalue weighted by Crippen LogP contribution is -2.50. The van der Waals surface area contributed by atoms with Crippen molar-refractivity contribution >= 4 is 51.1 Å². The number of rotatable bonds is 4. The molecular weight excluding hydrogens is 374 g/mol. The lowest BCUT2D eigenvalue weighted by atomic mass is 10.3. The van der Waals surface area contributed by atoms with Crippen molar-refractivity contribution in [1.82, 2.24) is 9.21 Å². The Hall–Kier alpha value is -1.33. The molecule has 24 heavy (non-hydrogen) atoms. The second kappa shape index (κ2) is 7.70. The number of sulfonamides is 1. The van der Waals surface area contributed by atoms with Crippen LogP contribution in [0, 0.1) is 0 Å². The quantitative estimate of drug-likeness (QED) is 0.838. The van der Waals surface area contributed by atoms with Gasteiger partial charge in [0.1, 0.15) is 16.3 Å². The highest BCUT2D eigenvalue weighted by molar-refractivity contribution is 7.89. The first-order chi connectivity index (χ1) is 11.0. The van der Waals surface area contributed by atoms with E-state index in [4.69, 9.17) is 5.73 Å². The van der Waals surface area contributed by atoms with Crippen LogP contribution in [0.1, 0.15) is 6.42 Å². The number of piperazine rings is 1. The molecule has 0 unspecified atom stereocenters. The van der Waals surface area contributed by atoms with Crippen molar-refractivity contribution in [3.63, 3.8) is 0 Å². The monoisotopic (exact) mass is 391 g/mol. The lowest BCUT2D eigenvalue weighted by Gasteiger charge is -2.34. The van der Waals surface area contributed by atoms with Crippen LogP contribution in [0.4, 0.5) is 11.4 Å². The van der Waals surface area contributed by atoms with Gasteiger partial charge < -0.3 is 10.6 Å². The molecule has 1 aromatic rings. The molecule has 1 saturated heterocycles. The average Bonchev–Trinajstić information content (AvgIpc) is 3.03. The predicted molar refractivity (Wildman–Crippen MR) is 94.2 cm³/mol. The molecule has 0 radical (unpaired) electrons. The van der Waals surface area contributed by atoms with E-state index >= 15 is 0 Å². The molecule has 11 heteroatoms. The first-order valence-corrected chi connectivity index (χ1v) is 9.40. The van der Waals surface area contributed by atoms with E-state index < -0.39 is 10.0 Å². The van der Waals surface area contributed by atoms with Crippen molar-refractivity contribution in [3.05, 3.63) is 18.2 Å². The number of nitrogens with two attached hydrogens (primary N) is 1. The standard InChI is InChI=1S/C13H17N5O3S2.ClH/c14-5-4-12(19)17-6-8-18(9-7-17)23(20,21)11-3-1-2-10-13(11)16-22-15-10;/h1-3H,4-9,14H2;1H. The number of hydrogen-bond donors (Lipinski definition) is 1. The molecule has 8 nitrogen and oxygen atoms in total. The maximum atomic E-state index is 12.8. The van der Waals surface area contributed by atoms with Gasteiger partial charge in [-0.05, 0) is 12.1 Å². The number of carbonyl (C=O) groups is 1. The molecule has 1 fully saturated rings. The molecule has 2 N–H and O–H groups in total. The molecule has 2 aliphatic heterocycles. The van der Waals surface area contributed by atoms with Crippen LogP contribution in [0.15, 0.2) is 31.8 Å². The van der Waals surface area contributed by atoms with Crippen molar-refractivity contribution in [2.45, 2.75) is 11.3 Å². The van der Waals surface area contributed by atoms with E-state index in [-0.39, 0.29) is 42.7 Å². The Labute approximate surface area is 150 Å². The van der Waals surface area contributed by atoms with Crippen molar-refractivity contribution in [2.24, 2.45) is 14.5 Å². The van der Waals surface area contributed by atoms with E-state index in [0.717, 1.165) is 11.4 Å². The first kappa shape index (κ1) is 19.0. The third kappa shape index (κ3) is 3.52. The zero-order valence-corrected chi connectivity index (χ0v) is 15.2. The van der Waals surface area contributed by atoms with Crippen molar-refractivity contribution in [3.8, 4) is 0 Å². The maximum absolute atomic E-state index is 12.8. The SMILES string of the molecule is Cl.NCCC(=O)N1CCN(S(=O)(=O)c2cccc3c2N=S=N3)CC1. The Morgan fingerprint density at radius 2 is 1.92 bits per heavy atom. The molecule has 1 amide bonds. The van der Waals surface area contributed by atoms with Gasteiger partial charge in [0.15, 0.2) is 0 Å². The van der Waals surface area contributed by atoms with Gasteiger partial charge in [-0.25, -0.2) is 8.42 Å². The second-order valence-corrected chi connectivity index (χ2v) is 7.65. The molecule has 0 saturated carbocycles. The van der Waals surface area contributed by atoms with Gasteiger partial charge in [-0.3, -0.25) is 4.79 Å². The van der Waals surface area contributed by atoms with E-state index in [0.29, 0.717) is 31.0 Å². The van der Waals surface area contributed by atoms with Crippen LogP contribution >= 0.6 is 12.4 Å². The number of nitrogens with zero attached hydrogens (tertiary/aromatic N) is 4. The highest BCUT2D eigenvalue weighted by Gasteiger charge is 2.32. The summed E-state index contributed by atoms with van der Waals surface area (Å²) in [7, 11) is -3.65. The summed E-state index contributed by atoms with van der Waals surface area (Å²) in [6.45, 7) is 1.60. The molecular formula is C13H18ClN5O3S2. The van der Waals surface area contributed by atoms with Crippen molar-refractivity contribution in [1.29, 1.82) is 0 Å². The number of amides is 1. The fourth-order valence-electron chi connectivity index (χ4n) is 2.59. The molecule has 0 aliphatic carbocycles. The van der Waals surface area contributed by atoms with Crippen LogP contribution in [0.5, 0.6) is 0 Å². The van der Waals surface area contributed by atoms with Gasteiger partial charge in [0, 0.05) is 39.1 Å². The van der Waals surface area contributed by atoms with E-state index in [1.54, 1.807) is 23.1 Å². The van der Waals surface area contributed by atoms with Gasteiger partial charge in [0.05, 0.1) is 11.4 Å². The molecule has 0 aromatic heterocycles. The fraction of sp³-hybridized carbons (Fsp3) is 0.462. The number of benzene rings is 1. The van der Waals surface area contributed by atoms with Crippen LogP contribution in [-0.4, -0.2) is 56.3 Å². The van der Waals surface area contributed by atoms with Crippen LogP contribution < -0.4 is 5.73 Å². The Bertz CT molecular complexity index is 800. The molecule has 2 heterocycles. The largest absolute Gasteiger partial charge is 0.340 e. The van der Waals surface area contributed by atoms with Crippen LogP contribution in [-0.2, 0) is 26.2 Å². The fourth-order valence-corrected chi connectivity index (χ4v) is 4.76. The summed E-state index contributed by atoms with van der Waals surface area (Å²) in [5, 5.41) is 0. The van der Waals surface area contributed by atoms with Gasteiger partial charge in [-0.15, -0.1) is 12.4 Å². The van der Waals surface area contributed by atoms with E-state index in [1.165, 1.54) is 4.31 Å². The topological polar surface area (TPSA) is 108 Å². The summed E-state index contributed by atoms with van der Waals surface area (Å²) in [6, 6.07) is 4.95. The Balaban J connectivity index is 0.00000208. The van der Waals surface area contributed by atoms with Gasteiger partial charge in [-0.2, -0.15) is 13.0 Å². The molecule has 0 bridgehead atoms. The van der Waals surface area contributed by atoms with Crippen molar-refractivity contribution in [2.75, 3.05) is 32.7 Å². The Kier molecular flexibility index (Phi) is 6.10. The summed E-state index contributed by atoms with van der Waals surface area (Å²) in [4.78, 5) is 13.7. The second-order valence-electron chi connectivity index (χ2n) is 5.21. The summed E-state index contributed by atoms with van der Waals surface area (Å²) >= 11 is 0.992. The lowest BCUT2D eigenvalue weighted by molar-refractivity contribution is -0.132. The smallest absolute Gasteiger partial charge is 0.245 e. The minimum Gasteiger partial charge on any atom is -0.340 e. The highest BCUT2D eigenvalue weighted by Crippen LogP contribution is 2.38. The third-order valence-electron chi connectivity index (χ3n) is 3.82. The summed E-state index contributed by atoms with van der Waals surface area (Å²) < 4.78 is 35.2. The maximum Gasteiger partial charge on any atom is 0.245 e. The van der Waals surface area contributed by atoms with E-state index in [2.05, 4.69) is 8.73 Å². The van der Waals surface area contributed by atoms with Gasteiger partial charge in [0.25, 0.3) is 0 Å². The minimum atomic E-state index is -3.65. The van der Waals surface area contributed by atoms with Gasteiger partial charge in [-0.1, -0.05) is 6.07 Å². The van der Waals surface area contributed by atoms with Crippen LogP contribution in [0.3, 0.4) is 0 Å². The Morgan fingerprint density at radius 3 is 2.58 bits per heavy atom. The molecule has 0 atom stereocenters. The van der Waals surface area contributed by atoms with Crippen LogP contribution in [0.25, 0.3) is 0 Å². The summed E-state index contributed by atoms with van der Waals surface area (Å²) in [5.41, 5.74) is 6.36. The molecule has 132 valence electrons. The minimum absolute atomic E-state index is 0. The number of halogens is 1. The highest BCUT2D eigenvalue weighted by atomic mass is 35.5. The molecule has 3 rings (SSSR count). The Morgan fingerprint density at radius 1 is 1.21 bits per heavy atom. The first-order valence-electron chi connectivity index (χ1n) is 7.23. The number of hydrogen-bond acceptors (Lipinski definition) is 6. The summed E-state index contributed by atoms with van der Waals surface area (Å²) in [6.07, 6.45) is 0.288. The number of carbonyl (C=O) groups excluding carboxylic acids is 1. The number of fused-ring (bicyclic) bond motifs is 1. The zero-order valence-electron chi connectivity index (χ0n) is 12.8. The third-order valence-corrected chi connectivity index (χ3v) is 6.29. The zero-order chi connectivity index (χ0) is 16.4. The van der Waals surface area contributed by atoms with Gasteiger partial charge >= 0.3 is 0 Å². The van der Waals surface area contributed by atoms with E-state index in [9.17, 15) is 13.2 Å². The molecule has 0 spiro atoms. The van der Waals surface area contributed by atoms with Crippen molar-refractivity contribution < 1.29 is 13.2 Å². The predicted octanol–water partition coefficient (Wildman–Crippen LogP) is 1.02. The molecule has 2 aliphatic rings. The van der Waals surface area contributed by atoms with Crippen LogP contribution in [0.2, 0.25) is 0 Å².